The van der Waals surface area contributed by atoms with Crippen LogP contribution in [-0.4, -0.2) is 49.8 Å². The minimum absolute atomic E-state index is 0.0256. The van der Waals surface area contributed by atoms with E-state index in [2.05, 4.69) is 15.0 Å². The van der Waals surface area contributed by atoms with E-state index >= 15 is 0 Å². The van der Waals surface area contributed by atoms with E-state index < -0.39 is 36.5 Å². The SMILES string of the molecule is CC[C@H]1O[C@@H](n2cnc3c(N)nc(N)nc32)[C@@H](OC(C)=O)C1OC(C)=O. The predicted octanol–water partition coefficient (Wildman–Crippen LogP) is 0.162. The maximum Gasteiger partial charge on any atom is 0.303 e. The fourth-order valence-corrected chi connectivity index (χ4v) is 3.05. The van der Waals surface area contributed by atoms with Crippen LogP contribution in [0.3, 0.4) is 0 Å². The van der Waals surface area contributed by atoms with Gasteiger partial charge in [-0.05, 0) is 6.42 Å². The van der Waals surface area contributed by atoms with Crippen molar-refractivity contribution < 1.29 is 23.8 Å². The third-order valence-electron chi connectivity index (χ3n) is 4.03. The fraction of sp³-hybridized carbons (Fsp3) is 0.533. The Bertz CT molecular complexity index is 852. The Kier molecular flexibility index (Phi) is 4.64. The number of ether oxygens (including phenoxy) is 3. The third kappa shape index (κ3) is 3.12. The number of nitrogen functional groups attached to an aromatic ring is 2. The average molecular weight is 364 g/mol. The standard InChI is InChI=1S/C15H20N6O5/c1-4-8-10(24-6(2)22)11(25-7(3)23)14(26-8)21-5-18-9-12(16)19-15(17)20-13(9)21/h5,8,10-11,14H,4H2,1-3H3,(H4,16,17,19,20)/t8-,10?,11+,14-/m1/s1. The van der Waals surface area contributed by atoms with E-state index in [1.165, 1.54) is 20.2 Å². The molecule has 26 heavy (non-hydrogen) atoms. The second kappa shape index (κ2) is 6.75. The number of anilines is 2. The molecule has 11 nitrogen and oxygen atoms in total. The molecule has 1 unspecified atom stereocenters. The zero-order valence-corrected chi connectivity index (χ0v) is 14.6. The Labute approximate surface area is 148 Å². The van der Waals surface area contributed by atoms with Crippen LogP contribution >= 0.6 is 0 Å². The molecule has 2 aromatic rings. The van der Waals surface area contributed by atoms with Crippen LogP contribution in [0, 0.1) is 0 Å². The van der Waals surface area contributed by atoms with Gasteiger partial charge in [0, 0.05) is 13.8 Å². The van der Waals surface area contributed by atoms with Gasteiger partial charge in [0.2, 0.25) is 5.95 Å². The van der Waals surface area contributed by atoms with Gasteiger partial charge in [0.1, 0.15) is 11.6 Å². The van der Waals surface area contributed by atoms with Crippen molar-refractivity contribution in [2.24, 2.45) is 0 Å². The summed E-state index contributed by atoms with van der Waals surface area (Å²) in [7, 11) is 0. The zero-order valence-electron chi connectivity index (χ0n) is 14.6. The zero-order chi connectivity index (χ0) is 19.0. The summed E-state index contributed by atoms with van der Waals surface area (Å²) in [5.74, 6) is -0.934. The molecular weight excluding hydrogens is 344 g/mol. The predicted molar refractivity (Wildman–Crippen MR) is 89.5 cm³/mol. The smallest absolute Gasteiger partial charge is 0.303 e. The van der Waals surface area contributed by atoms with Gasteiger partial charge in [-0.3, -0.25) is 14.2 Å². The van der Waals surface area contributed by atoms with Crippen molar-refractivity contribution in [2.75, 3.05) is 11.5 Å². The van der Waals surface area contributed by atoms with Crippen LogP contribution in [0.5, 0.6) is 0 Å². The molecule has 1 aliphatic heterocycles. The van der Waals surface area contributed by atoms with Crippen molar-refractivity contribution in [3.63, 3.8) is 0 Å². The molecule has 3 rings (SSSR count). The summed E-state index contributed by atoms with van der Waals surface area (Å²) in [6.07, 6.45) is -0.942. The van der Waals surface area contributed by atoms with E-state index in [1.54, 1.807) is 4.57 Å². The van der Waals surface area contributed by atoms with Crippen LogP contribution in [0.25, 0.3) is 11.2 Å². The quantitative estimate of drug-likeness (QED) is 0.716. The first-order valence-corrected chi connectivity index (χ1v) is 8.07. The highest BCUT2D eigenvalue weighted by molar-refractivity contribution is 5.82. The maximum absolute atomic E-state index is 11.6. The van der Waals surface area contributed by atoms with Crippen molar-refractivity contribution in [2.45, 2.75) is 51.7 Å². The first kappa shape index (κ1) is 17.9. The molecule has 4 N–H and O–H groups in total. The molecule has 1 saturated heterocycles. The topological polar surface area (TPSA) is 157 Å². The molecule has 1 aliphatic rings. The second-order valence-electron chi connectivity index (χ2n) is 5.91. The number of aromatic nitrogens is 4. The van der Waals surface area contributed by atoms with E-state index in [9.17, 15) is 9.59 Å². The molecule has 0 amide bonds. The van der Waals surface area contributed by atoms with Crippen molar-refractivity contribution >= 4 is 34.9 Å². The first-order valence-electron chi connectivity index (χ1n) is 8.07. The Morgan fingerprint density at radius 1 is 1.19 bits per heavy atom. The van der Waals surface area contributed by atoms with Gasteiger partial charge >= 0.3 is 11.9 Å². The summed E-state index contributed by atoms with van der Waals surface area (Å²) < 4.78 is 18.3. The Hall–Kier alpha value is -2.95. The lowest BCUT2D eigenvalue weighted by Gasteiger charge is -2.23. The number of carbonyl (C=O) groups is 2. The molecule has 140 valence electrons. The number of hydrogen-bond acceptors (Lipinski definition) is 10. The van der Waals surface area contributed by atoms with Crippen LogP contribution < -0.4 is 11.5 Å². The number of fused-ring (bicyclic) bond motifs is 1. The average Bonchev–Trinajstić information content (AvgIpc) is 3.09. The maximum atomic E-state index is 11.6. The van der Waals surface area contributed by atoms with Gasteiger partial charge in [0.25, 0.3) is 0 Å². The van der Waals surface area contributed by atoms with E-state index in [4.69, 9.17) is 25.7 Å². The van der Waals surface area contributed by atoms with Crippen LogP contribution in [0.1, 0.15) is 33.4 Å². The molecule has 0 spiro atoms. The molecule has 4 atom stereocenters. The monoisotopic (exact) mass is 364 g/mol. The van der Waals surface area contributed by atoms with Crippen LogP contribution in [0.15, 0.2) is 6.33 Å². The highest BCUT2D eigenvalue weighted by Gasteiger charge is 2.49. The highest BCUT2D eigenvalue weighted by Crippen LogP contribution is 2.37. The normalized spacial score (nSPS) is 25.3. The number of imidazole rings is 1. The number of rotatable bonds is 4. The fourth-order valence-electron chi connectivity index (χ4n) is 3.05. The number of nitrogens with zero attached hydrogens (tertiary/aromatic N) is 4. The van der Waals surface area contributed by atoms with Crippen LogP contribution in [-0.2, 0) is 23.8 Å². The summed E-state index contributed by atoms with van der Waals surface area (Å²) >= 11 is 0. The molecule has 2 aromatic heterocycles. The van der Waals surface area contributed by atoms with E-state index in [0.717, 1.165) is 0 Å². The molecular formula is C15H20N6O5. The minimum Gasteiger partial charge on any atom is -0.456 e. The van der Waals surface area contributed by atoms with E-state index in [1.807, 2.05) is 6.92 Å². The van der Waals surface area contributed by atoms with Crippen LogP contribution in [0.2, 0.25) is 0 Å². The Morgan fingerprint density at radius 3 is 2.46 bits per heavy atom. The molecule has 0 bridgehead atoms. The summed E-state index contributed by atoms with van der Waals surface area (Å²) in [5, 5.41) is 0. The molecule has 0 saturated carbocycles. The number of esters is 2. The third-order valence-corrected chi connectivity index (χ3v) is 4.03. The number of hydrogen-bond donors (Lipinski definition) is 2. The lowest BCUT2D eigenvalue weighted by atomic mass is 10.1. The minimum atomic E-state index is -0.879. The highest BCUT2D eigenvalue weighted by atomic mass is 16.6. The molecule has 11 heteroatoms. The lowest BCUT2D eigenvalue weighted by molar-refractivity contribution is -0.165. The number of nitrogens with two attached hydrogens (primary N) is 2. The van der Waals surface area contributed by atoms with Gasteiger partial charge in [-0.25, -0.2) is 4.98 Å². The van der Waals surface area contributed by atoms with Crippen molar-refractivity contribution in [3.05, 3.63) is 6.33 Å². The lowest BCUT2D eigenvalue weighted by Crippen LogP contribution is -2.38. The van der Waals surface area contributed by atoms with Gasteiger partial charge in [0.15, 0.2) is 29.9 Å². The summed E-state index contributed by atoms with van der Waals surface area (Å²) in [6.45, 7) is 4.43. The number of carbonyl (C=O) groups excluding carboxylic acids is 2. The van der Waals surface area contributed by atoms with Gasteiger partial charge in [-0.15, -0.1) is 0 Å². The van der Waals surface area contributed by atoms with Gasteiger partial charge < -0.3 is 25.7 Å². The summed E-state index contributed by atoms with van der Waals surface area (Å²) in [4.78, 5) is 35.3. The first-order chi connectivity index (χ1) is 12.3. The van der Waals surface area contributed by atoms with Gasteiger partial charge in [0.05, 0.1) is 6.33 Å². The Morgan fingerprint density at radius 2 is 1.85 bits per heavy atom. The van der Waals surface area contributed by atoms with Crippen molar-refractivity contribution in [1.29, 1.82) is 0 Å². The largest absolute Gasteiger partial charge is 0.456 e. The van der Waals surface area contributed by atoms with E-state index in [0.29, 0.717) is 17.6 Å². The summed E-state index contributed by atoms with van der Waals surface area (Å²) in [5.41, 5.74) is 12.2. The molecule has 1 fully saturated rings. The molecule has 3 heterocycles. The Balaban J connectivity index is 2.07. The molecule has 0 radical (unpaired) electrons. The molecule has 0 aromatic carbocycles. The van der Waals surface area contributed by atoms with Crippen molar-refractivity contribution in [3.8, 4) is 0 Å². The second-order valence-corrected chi connectivity index (χ2v) is 5.91. The van der Waals surface area contributed by atoms with Gasteiger partial charge in [-0.2, -0.15) is 9.97 Å². The van der Waals surface area contributed by atoms with Gasteiger partial charge in [-0.1, -0.05) is 6.92 Å². The van der Waals surface area contributed by atoms with Crippen molar-refractivity contribution in [1.82, 2.24) is 19.5 Å². The van der Waals surface area contributed by atoms with Crippen LogP contribution in [0.4, 0.5) is 11.8 Å². The molecule has 0 aliphatic carbocycles. The summed E-state index contributed by atoms with van der Waals surface area (Å²) in [6, 6.07) is 0. The van der Waals surface area contributed by atoms with E-state index in [-0.39, 0.29) is 11.8 Å².